The zero-order valence-corrected chi connectivity index (χ0v) is 29.0. The number of carboxylic acid groups (broad SMARTS) is 1. The molecule has 1 aliphatic carbocycles. The number of carboxylic acids is 1. The Morgan fingerprint density at radius 1 is 0.596 bits per heavy atom. The van der Waals surface area contributed by atoms with Gasteiger partial charge in [0.25, 0.3) is 5.91 Å². The third-order valence-electron chi connectivity index (χ3n) is 9.38. The SMILES string of the molecule is COc1ccc(C(OCCCCCCNC(=O)c2ccc3c(c2)C(=O)c2cc(C(=O)O)ccc2C3=O)(c2ccccc2)c2ccc(OC)cc2)cc1. The fourth-order valence-corrected chi connectivity index (χ4v) is 6.61. The molecule has 9 nitrogen and oxygen atoms in total. The first-order chi connectivity index (χ1) is 25.3. The number of hydrogen-bond donors (Lipinski definition) is 2. The fourth-order valence-electron chi connectivity index (χ4n) is 6.61. The second kappa shape index (κ2) is 15.9. The molecule has 5 aromatic carbocycles. The number of amides is 1. The number of nitrogens with one attached hydrogen (secondary N) is 1. The van der Waals surface area contributed by atoms with Crippen LogP contribution in [0.25, 0.3) is 0 Å². The van der Waals surface area contributed by atoms with E-state index in [0.29, 0.717) is 13.2 Å². The lowest BCUT2D eigenvalue weighted by Gasteiger charge is -2.36. The number of hydrogen-bond acceptors (Lipinski definition) is 7. The van der Waals surface area contributed by atoms with Crippen LogP contribution in [0.3, 0.4) is 0 Å². The molecule has 0 aliphatic heterocycles. The summed E-state index contributed by atoms with van der Waals surface area (Å²) in [6.07, 6.45) is 3.26. The summed E-state index contributed by atoms with van der Waals surface area (Å²) >= 11 is 0. The largest absolute Gasteiger partial charge is 0.497 e. The molecule has 0 radical (unpaired) electrons. The van der Waals surface area contributed by atoms with Gasteiger partial charge in [-0.3, -0.25) is 14.4 Å². The summed E-state index contributed by atoms with van der Waals surface area (Å²) in [5.74, 6) is -0.916. The van der Waals surface area contributed by atoms with Crippen LogP contribution in [0.5, 0.6) is 11.5 Å². The third-order valence-corrected chi connectivity index (χ3v) is 9.38. The number of aromatic carboxylic acids is 1. The summed E-state index contributed by atoms with van der Waals surface area (Å²) < 4.78 is 17.8. The Morgan fingerprint density at radius 3 is 1.65 bits per heavy atom. The molecule has 0 unspecified atom stereocenters. The van der Waals surface area contributed by atoms with Crippen molar-refractivity contribution in [3.05, 3.63) is 165 Å². The van der Waals surface area contributed by atoms with Gasteiger partial charge in [0.05, 0.1) is 19.8 Å². The van der Waals surface area contributed by atoms with Gasteiger partial charge in [0, 0.05) is 41.0 Å². The van der Waals surface area contributed by atoms with Crippen molar-refractivity contribution in [1.82, 2.24) is 5.32 Å². The Morgan fingerprint density at radius 2 is 1.10 bits per heavy atom. The van der Waals surface area contributed by atoms with E-state index in [-0.39, 0.29) is 45.1 Å². The van der Waals surface area contributed by atoms with Gasteiger partial charge in [-0.1, -0.05) is 67.4 Å². The Labute approximate surface area is 302 Å². The van der Waals surface area contributed by atoms with E-state index in [0.717, 1.165) is 53.9 Å². The van der Waals surface area contributed by atoms with E-state index in [9.17, 15) is 24.3 Å². The lowest BCUT2D eigenvalue weighted by atomic mass is 9.80. The monoisotopic (exact) mass is 697 g/mol. The zero-order chi connectivity index (χ0) is 36.7. The average molecular weight is 698 g/mol. The van der Waals surface area contributed by atoms with Gasteiger partial charge in [0.1, 0.15) is 17.1 Å². The van der Waals surface area contributed by atoms with E-state index < -0.39 is 17.4 Å². The van der Waals surface area contributed by atoms with Crippen LogP contribution in [0.1, 0.15) is 94.9 Å². The predicted molar refractivity (Wildman–Crippen MR) is 196 cm³/mol. The van der Waals surface area contributed by atoms with Crippen molar-refractivity contribution in [1.29, 1.82) is 0 Å². The van der Waals surface area contributed by atoms with Crippen molar-refractivity contribution < 1.29 is 38.5 Å². The second-order valence-electron chi connectivity index (χ2n) is 12.5. The number of fused-ring (bicyclic) bond motifs is 2. The Kier molecular flexibility index (Phi) is 10.9. The van der Waals surface area contributed by atoms with Crippen LogP contribution in [-0.2, 0) is 10.3 Å². The quantitative estimate of drug-likeness (QED) is 0.0836. The maximum absolute atomic E-state index is 13.2. The first kappa shape index (κ1) is 35.8. The van der Waals surface area contributed by atoms with Gasteiger partial charge in [-0.15, -0.1) is 0 Å². The highest BCUT2D eigenvalue weighted by Gasteiger charge is 2.38. The van der Waals surface area contributed by atoms with Gasteiger partial charge in [-0.25, -0.2) is 4.79 Å². The lowest BCUT2D eigenvalue weighted by molar-refractivity contribution is 0.0106. The summed E-state index contributed by atoms with van der Waals surface area (Å²) in [7, 11) is 3.29. The number of benzene rings is 5. The molecule has 0 aromatic heterocycles. The molecular formula is C43H39NO8. The molecule has 0 bridgehead atoms. The molecule has 6 rings (SSSR count). The fraction of sp³-hybridized carbons (Fsp3) is 0.209. The van der Waals surface area contributed by atoms with Crippen molar-refractivity contribution >= 4 is 23.4 Å². The highest BCUT2D eigenvalue weighted by atomic mass is 16.5. The molecule has 0 spiro atoms. The van der Waals surface area contributed by atoms with Crippen molar-refractivity contribution in [2.75, 3.05) is 27.4 Å². The van der Waals surface area contributed by atoms with Crippen molar-refractivity contribution in [3.63, 3.8) is 0 Å². The molecule has 0 heterocycles. The smallest absolute Gasteiger partial charge is 0.335 e. The standard InChI is InChI=1S/C43H39NO8/c1-50-33-18-14-31(15-19-33)43(30-10-6-5-7-11-30,32-16-20-34(51-2)21-17-32)52-25-9-4-3-8-24-44-41(47)28-12-22-35-37(26-28)40(46)38-27-29(42(48)49)13-23-36(38)39(35)45/h5-7,10-23,26-27H,3-4,8-9,24-25H2,1-2H3,(H,44,47)(H,48,49). The first-order valence-electron chi connectivity index (χ1n) is 17.1. The Balaban J connectivity index is 1.07. The summed E-state index contributed by atoms with van der Waals surface area (Å²) in [5, 5.41) is 12.3. The minimum atomic E-state index is -1.20. The number of methoxy groups -OCH3 is 2. The van der Waals surface area contributed by atoms with Crippen molar-refractivity contribution in [2.24, 2.45) is 0 Å². The molecule has 0 atom stereocenters. The van der Waals surface area contributed by atoms with Crippen molar-refractivity contribution in [3.8, 4) is 11.5 Å². The van der Waals surface area contributed by atoms with Gasteiger partial charge in [-0.05, 0) is 90.2 Å². The number of rotatable bonds is 15. The number of ketones is 2. The van der Waals surface area contributed by atoms with Gasteiger partial charge < -0.3 is 24.6 Å². The molecule has 52 heavy (non-hydrogen) atoms. The van der Waals surface area contributed by atoms with Crippen LogP contribution in [0, 0.1) is 0 Å². The Bertz CT molecular complexity index is 2040. The van der Waals surface area contributed by atoms with E-state index in [4.69, 9.17) is 14.2 Å². The van der Waals surface area contributed by atoms with E-state index in [1.165, 1.54) is 36.4 Å². The molecular weight excluding hydrogens is 658 g/mol. The normalized spacial score (nSPS) is 12.1. The van der Waals surface area contributed by atoms with Crippen LogP contribution in [0.2, 0.25) is 0 Å². The number of carbonyl (C=O) groups is 4. The molecule has 1 amide bonds. The van der Waals surface area contributed by atoms with Gasteiger partial charge in [0.2, 0.25) is 0 Å². The topological polar surface area (TPSA) is 128 Å². The van der Waals surface area contributed by atoms with E-state index in [2.05, 4.69) is 17.4 Å². The van der Waals surface area contributed by atoms with Crippen LogP contribution in [0.15, 0.2) is 115 Å². The third kappa shape index (κ3) is 7.22. The van der Waals surface area contributed by atoms with Crippen molar-refractivity contribution in [2.45, 2.75) is 31.3 Å². The van der Waals surface area contributed by atoms with Gasteiger partial charge in [-0.2, -0.15) is 0 Å². The van der Waals surface area contributed by atoms with Gasteiger partial charge in [0.15, 0.2) is 11.6 Å². The van der Waals surface area contributed by atoms with E-state index >= 15 is 0 Å². The summed E-state index contributed by atoms with van der Waals surface area (Å²) in [6.45, 7) is 0.915. The second-order valence-corrected chi connectivity index (χ2v) is 12.5. The molecule has 0 saturated heterocycles. The molecule has 1 aliphatic rings. The Hall–Kier alpha value is -6.06. The predicted octanol–water partition coefficient (Wildman–Crippen LogP) is 7.48. The molecule has 0 saturated carbocycles. The maximum Gasteiger partial charge on any atom is 0.335 e. The zero-order valence-electron chi connectivity index (χ0n) is 29.0. The number of carbonyl (C=O) groups excluding carboxylic acids is 3. The molecule has 0 fully saturated rings. The van der Waals surface area contributed by atoms with Crippen LogP contribution >= 0.6 is 0 Å². The molecule has 9 heteroatoms. The summed E-state index contributed by atoms with van der Waals surface area (Å²) in [6, 6.07) is 34.3. The maximum atomic E-state index is 13.2. The van der Waals surface area contributed by atoms with E-state index in [1.807, 2.05) is 66.7 Å². The number of unbranched alkanes of at least 4 members (excludes halogenated alkanes) is 3. The average Bonchev–Trinajstić information content (AvgIpc) is 3.19. The van der Waals surface area contributed by atoms with Crippen LogP contribution < -0.4 is 14.8 Å². The van der Waals surface area contributed by atoms with E-state index in [1.54, 1.807) is 14.2 Å². The molecule has 5 aromatic rings. The van der Waals surface area contributed by atoms with Crippen LogP contribution in [-0.4, -0.2) is 55.9 Å². The number of ether oxygens (including phenoxy) is 3. The highest BCUT2D eigenvalue weighted by Crippen LogP contribution is 2.42. The highest BCUT2D eigenvalue weighted by molar-refractivity contribution is 6.29. The summed E-state index contributed by atoms with van der Waals surface area (Å²) in [5.41, 5.74) is 2.66. The first-order valence-corrected chi connectivity index (χ1v) is 17.1. The minimum absolute atomic E-state index is 0.0212. The van der Waals surface area contributed by atoms with Crippen LogP contribution in [0.4, 0.5) is 0 Å². The lowest BCUT2D eigenvalue weighted by Crippen LogP contribution is -2.33. The summed E-state index contributed by atoms with van der Waals surface area (Å²) in [4.78, 5) is 50.7. The minimum Gasteiger partial charge on any atom is -0.497 e. The molecule has 264 valence electrons. The van der Waals surface area contributed by atoms with Gasteiger partial charge >= 0.3 is 5.97 Å². The molecule has 2 N–H and O–H groups in total.